The van der Waals surface area contributed by atoms with Crippen molar-refractivity contribution in [3.05, 3.63) is 41.5 Å². The van der Waals surface area contributed by atoms with Gasteiger partial charge in [-0.3, -0.25) is 4.79 Å². The van der Waals surface area contributed by atoms with Crippen molar-refractivity contribution in [1.29, 1.82) is 0 Å². The summed E-state index contributed by atoms with van der Waals surface area (Å²) >= 11 is 0. The number of carboxylic acid groups (broad SMARTS) is 1. The summed E-state index contributed by atoms with van der Waals surface area (Å²) < 4.78 is 18.9. The van der Waals surface area contributed by atoms with E-state index < -0.39 is 11.8 Å². The number of aliphatic carboxylic acids is 1. The zero-order valence-corrected chi connectivity index (χ0v) is 9.81. The van der Waals surface area contributed by atoms with E-state index in [0.717, 1.165) is 0 Å². The summed E-state index contributed by atoms with van der Waals surface area (Å²) in [6, 6.07) is 6.17. The molecule has 1 heterocycles. The average molecular weight is 249 g/mol. The molecule has 2 aromatic rings. The molecule has 0 saturated heterocycles. The van der Waals surface area contributed by atoms with Crippen molar-refractivity contribution < 1.29 is 18.7 Å². The van der Waals surface area contributed by atoms with Crippen molar-refractivity contribution in [2.75, 3.05) is 0 Å². The lowest BCUT2D eigenvalue weighted by molar-refractivity contribution is -0.136. The number of rotatable bonds is 4. The number of hydrogen-bond donors (Lipinski definition) is 1. The number of nitrogens with zero attached hydrogens (tertiary/aromatic N) is 1. The molecule has 0 radical (unpaired) electrons. The van der Waals surface area contributed by atoms with E-state index in [1.54, 1.807) is 25.1 Å². The van der Waals surface area contributed by atoms with E-state index in [9.17, 15) is 9.18 Å². The van der Waals surface area contributed by atoms with Gasteiger partial charge in [-0.05, 0) is 19.1 Å². The highest BCUT2D eigenvalue weighted by molar-refractivity contribution is 5.67. The lowest BCUT2D eigenvalue weighted by Crippen LogP contribution is -1.98. The Morgan fingerprint density at radius 1 is 1.44 bits per heavy atom. The van der Waals surface area contributed by atoms with E-state index in [4.69, 9.17) is 9.52 Å². The van der Waals surface area contributed by atoms with Gasteiger partial charge in [0.1, 0.15) is 11.6 Å². The fraction of sp³-hybridized carbons (Fsp3) is 0.231. The Labute approximate surface area is 103 Å². The summed E-state index contributed by atoms with van der Waals surface area (Å²) in [7, 11) is 0. The third-order valence-corrected chi connectivity index (χ3v) is 2.57. The Morgan fingerprint density at radius 2 is 2.17 bits per heavy atom. The molecule has 4 nitrogen and oxygen atoms in total. The van der Waals surface area contributed by atoms with Crippen LogP contribution in [0.2, 0.25) is 0 Å². The van der Waals surface area contributed by atoms with Gasteiger partial charge >= 0.3 is 5.97 Å². The van der Waals surface area contributed by atoms with Crippen LogP contribution in [0.5, 0.6) is 0 Å². The molecule has 18 heavy (non-hydrogen) atoms. The van der Waals surface area contributed by atoms with E-state index >= 15 is 0 Å². The molecule has 0 aliphatic rings. The highest BCUT2D eigenvalue weighted by atomic mass is 19.1. The molecule has 0 spiro atoms. The van der Waals surface area contributed by atoms with E-state index in [1.807, 2.05) is 0 Å². The molecule has 0 fully saturated rings. The highest BCUT2D eigenvalue weighted by Crippen LogP contribution is 2.24. The molecule has 0 bridgehead atoms. The summed E-state index contributed by atoms with van der Waals surface area (Å²) in [6.45, 7) is 1.69. The van der Waals surface area contributed by atoms with Crippen molar-refractivity contribution in [2.24, 2.45) is 0 Å². The second-order valence-corrected chi connectivity index (χ2v) is 3.90. The van der Waals surface area contributed by atoms with Crippen LogP contribution in [0.3, 0.4) is 0 Å². The molecule has 5 heteroatoms. The maximum atomic E-state index is 13.5. The molecule has 1 aromatic heterocycles. The first-order valence-electron chi connectivity index (χ1n) is 5.51. The van der Waals surface area contributed by atoms with Crippen molar-refractivity contribution in [3.8, 4) is 11.5 Å². The fourth-order valence-electron chi connectivity index (χ4n) is 1.64. The summed E-state index contributed by atoms with van der Waals surface area (Å²) in [6.07, 6.45) is 0.253. The maximum absolute atomic E-state index is 13.5. The van der Waals surface area contributed by atoms with E-state index in [0.29, 0.717) is 11.5 Å². The van der Waals surface area contributed by atoms with Gasteiger partial charge in [0.25, 0.3) is 0 Å². The quantitative estimate of drug-likeness (QED) is 0.904. The minimum Gasteiger partial charge on any atom is -0.481 e. The van der Waals surface area contributed by atoms with Crippen molar-refractivity contribution in [3.63, 3.8) is 0 Å². The predicted molar refractivity (Wildman–Crippen MR) is 62.6 cm³/mol. The number of aromatic nitrogens is 1. The zero-order valence-electron chi connectivity index (χ0n) is 9.81. The molecule has 1 aromatic carbocycles. The Bertz CT molecular complexity index is 577. The maximum Gasteiger partial charge on any atom is 0.303 e. The van der Waals surface area contributed by atoms with Crippen molar-refractivity contribution in [1.82, 2.24) is 4.98 Å². The summed E-state index contributed by atoms with van der Waals surface area (Å²) in [5, 5.41) is 8.62. The van der Waals surface area contributed by atoms with Crippen LogP contribution in [0.4, 0.5) is 4.39 Å². The third-order valence-electron chi connectivity index (χ3n) is 2.57. The second-order valence-electron chi connectivity index (χ2n) is 3.90. The number of benzene rings is 1. The van der Waals surface area contributed by atoms with Gasteiger partial charge < -0.3 is 9.52 Å². The van der Waals surface area contributed by atoms with Gasteiger partial charge in [-0.2, -0.15) is 0 Å². The predicted octanol–water partition coefficient (Wildman–Crippen LogP) is 2.81. The molecule has 1 N–H and O–H groups in total. The van der Waals surface area contributed by atoms with Gasteiger partial charge in [-0.1, -0.05) is 12.1 Å². The minimum absolute atomic E-state index is 0.0237. The van der Waals surface area contributed by atoms with Crippen LogP contribution < -0.4 is 0 Å². The first kappa shape index (κ1) is 12.3. The standard InChI is InChI=1S/C13H12FNO3/c1-8-11(6-7-12(16)17)15-13(18-8)9-4-2-3-5-10(9)14/h2-5H,6-7H2,1H3,(H,16,17). The van der Waals surface area contributed by atoms with E-state index in [1.165, 1.54) is 6.07 Å². The molecular formula is C13H12FNO3. The number of carbonyl (C=O) groups is 1. The van der Waals surface area contributed by atoms with Crippen LogP contribution >= 0.6 is 0 Å². The van der Waals surface area contributed by atoms with Gasteiger partial charge in [0.15, 0.2) is 0 Å². The van der Waals surface area contributed by atoms with Gasteiger partial charge in [0, 0.05) is 6.42 Å². The average Bonchev–Trinajstić information content (AvgIpc) is 2.68. The Balaban J connectivity index is 2.29. The van der Waals surface area contributed by atoms with Crippen LogP contribution in [0.1, 0.15) is 17.9 Å². The zero-order chi connectivity index (χ0) is 13.1. The van der Waals surface area contributed by atoms with Crippen LogP contribution in [0.25, 0.3) is 11.5 Å². The summed E-state index contributed by atoms with van der Waals surface area (Å²) in [5.41, 5.74) is 0.831. The second kappa shape index (κ2) is 5.00. The van der Waals surface area contributed by atoms with Gasteiger partial charge in [0.2, 0.25) is 5.89 Å². The number of oxazole rings is 1. The number of aryl methyl sites for hydroxylation is 2. The Kier molecular flexibility index (Phi) is 3.41. The molecule has 0 atom stereocenters. The monoisotopic (exact) mass is 249 g/mol. The smallest absolute Gasteiger partial charge is 0.303 e. The molecule has 0 aliphatic carbocycles. The lowest BCUT2D eigenvalue weighted by Gasteiger charge is -1.95. The third kappa shape index (κ3) is 2.56. The summed E-state index contributed by atoms with van der Waals surface area (Å²) in [4.78, 5) is 14.6. The van der Waals surface area contributed by atoms with Gasteiger partial charge in [-0.15, -0.1) is 0 Å². The fourth-order valence-corrected chi connectivity index (χ4v) is 1.64. The normalized spacial score (nSPS) is 10.6. The molecule has 2 rings (SSSR count). The molecule has 94 valence electrons. The largest absolute Gasteiger partial charge is 0.481 e. The Morgan fingerprint density at radius 3 is 2.83 bits per heavy atom. The Hall–Kier alpha value is -2.17. The minimum atomic E-state index is -0.898. The SMILES string of the molecule is Cc1oc(-c2ccccc2F)nc1CCC(=O)O. The number of carboxylic acids is 1. The first-order chi connectivity index (χ1) is 8.58. The van der Waals surface area contributed by atoms with Crippen LogP contribution in [0.15, 0.2) is 28.7 Å². The molecular weight excluding hydrogens is 237 g/mol. The van der Waals surface area contributed by atoms with E-state index in [2.05, 4.69) is 4.98 Å². The van der Waals surface area contributed by atoms with Gasteiger partial charge in [0.05, 0.1) is 17.7 Å². The topological polar surface area (TPSA) is 63.3 Å². The lowest BCUT2D eigenvalue weighted by atomic mass is 10.2. The molecule has 0 saturated carbocycles. The van der Waals surface area contributed by atoms with Crippen molar-refractivity contribution >= 4 is 5.97 Å². The van der Waals surface area contributed by atoms with E-state index in [-0.39, 0.29) is 24.3 Å². The highest BCUT2D eigenvalue weighted by Gasteiger charge is 2.14. The number of hydrogen-bond acceptors (Lipinski definition) is 3. The molecule has 0 amide bonds. The molecule has 0 unspecified atom stereocenters. The van der Waals surface area contributed by atoms with Crippen LogP contribution in [-0.2, 0) is 11.2 Å². The van der Waals surface area contributed by atoms with Gasteiger partial charge in [-0.25, -0.2) is 9.37 Å². The molecule has 0 aliphatic heterocycles. The summed E-state index contributed by atoms with van der Waals surface area (Å²) in [5.74, 6) is -0.603. The van der Waals surface area contributed by atoms with Crippen LogP contribution in [0, 0.1) is 12.7 Å². The van der Waals surface area contributed by atoms with Crippen LogP contribution in [-0.4, -0.2) is 16.1 Å². The first-order valence-corrected chi connectivity index (χ1v) is 5.51. The number of halogens is 1. The van der Waals surface area contributed by atoms with Crippen molar-refractivity contribution in [2.45, 2.75) is 19.8 Å².